The third-order valence-electron chi connectivity index (χ3n) is 3.83. The first-order chi connectivity index (χ1) is 9.98. The van der Waals surface area contributed by atoms with Crippen LogP contribution in [0.1, 0.15) is 31.9 Å². The molecule has 1 aliphatic rings. The van der Waals surface area contributed by atoms with Gasteiger partial charge < -0.3 is 15.0 Å². The highest BCUT2D eigenvalue weighted by Gasteiger charge is 2.27. The molecule has 1 aliphatic heterocycles. The molecule has 1 atom stereocenters. The van der Waals surface area contributed by atoms with Gasteiger partial charge in [-0.25, -0.2) is 8.42 Å². The molecule has 1 aromatic heterocycles. The number of sulfonamides is 1. The van der Waals surface area contributed by atoms with Crippen LogP contribution in [0.2, 0.25) is 0 Å². The Morgan fingerprint density at radius 2 is 2.29 bits per heavy atom. The quantitative estimate of drug-likeness (QED) is 0.819. The fourth-order valence-electron chi connectivity index (χ4n) is 2.64. The Kier molecular flexibility index (Phi) is 5.43. The number of nitrogens with zero attached hydrogens (tertiary/aromatic N) is 2. The third kappa shape index (κ3) is 3.66. The van der Waals surface area contributed by atoms with E-state index in [4.69, 9.17) is 10.5 Å². The average molecular weight is 315 g/mol. The van der Waals surface area contributed by atoms with Crippen LogP contribution in [0.15, 0.2) is 17.2 Å². The van der Waals surface area contributed by atoms with Gasteiger partial charge in [-0.3, -0.25) is 0 Å². The van der Waals surface area contributed by atoms with E-state index in [1.807, 2.05) is 4.57 Å². The van der Waals surface area contributed by atoms with E-state index in [1.54, 1.807) is 19.3 Å². The number of nitrogens with two attached hydrogens (primary N) is 1. The molecule has 2 heterocycles. The van der Waals surface area contributed by atoms with E-state index in [0.29, 0.717) is 18.0 Å². The molecule has 0 aliphatic carbocycles. The number of rotatable bonds is 7. The Morgan fingerprint density at radius 1 is 1.52 bits per heavy atom. The summed E-state index contributed by atoms with van der Waals surface area (Å²) in [5.41, 5.74) is 6.54. The lowest BCUT2D eigenvalue weighted by atomic mass is 10.2. The van der Waals surface area contributed by atoms with E-state index in [2.05, 4.69) is 6.92 Å². The minimum absolute atomic E-state index is 0.0106. The summed E-state index contributed by atoms with van der Waals surface area (Å²) in [6, 6.07) is 1.68. The first-order valence-corrected chi connectivity index (χ1v) is 8.90. The van der Waals surface area contributed by atoms with Gasteiger partial charge in [-0.05, 0) is 25.3 Å². The molecular formula is C14H25N3O3S. The molecule has 0 amide bonds. The predicted octanol–water partition coefficient (Wildman–Crippen LogP) is 1.16. The van der Waals surface area contributed by atoms with Crippen LogP contribution in [0, 0.1) is 0 Å². The summed E-state index contributed by atoms with van der Waals surface area (Å²) in [4.78, 5) is 0.317. The summed E-state index contributed by atoms with van der Waals surface area (Å²) in [5.74, 6) is 0. The van der Waals surface area contributed by atoms with Crippen LogP contribution in [0.5, 0.6) is 0 Å². The summed E-state index contributed by atoms with van der Waals surface area (Å²) in [7, 11) is -1.87. The smallest absolute Gasteiger partial charge is 0.244 e. The molecule has 1 unspecified atom stereocenters. The van der Waals surface area contributed by atoms with Crippen LogP contribution in [-0.2, 0) is 27.8 Å². The maximum atomic E-state index is 12.6. The van der Waals surface area contributed by atoms with Gasteiger partial charge in [-0.15, -0.1) is 0 Å². The molecular weight excluding hydrogens is 290 g/mol. The monoisotopic (exact) mass is 315 g/mol. The van der Waals surface area contributed by atoms with Crippen LogP contribution >= 0.6 is 0 Å². The highest BCUT2D eigenvalue weighted by molar-refractivity contribution is 7.89. The third-order valence-corrected chi connectivity index (χ3v) is 5.62. The summed E-state index contributed by atoms with van der Waals surface area (Å²) >= 11 is 0. The van der Waals surface area contributed by atoms with Gasteiger partial charge in [-0.1, -0.05) is 6.92 Å². The summed E-state index contributed by atoms with van der Waals surface area (Å²) in [5, 5.41) is 0. The minimum Gasteiger partial charge on any atom is -0.377 e. The summed E-state index contributed by atoms with van der Waals surface area (Å²) in [6.45, 7) is 4.29. The number of aryl methyl sites for hydroxylation is 1. The van der Waals surface area contributed by atoms with E-state index < -0.39 is 10.0 Å². The fraction of sp³-hybridized carbons (Fsp3) is 0.714. The average Bonchev–Trinajstić information content (AvgIpc) is 3.08. The van der Waals surface area contributed by atoms with E-state index >= 15 is 0 Å². The van der Waals surface area contributed by atoms with Crippen LogP contribution in [-0.4, -0.2) is 43.6 Å². The SMILES string of the molecule is CCCn1cc(S(=O)(=O)N(C)CC2CCCO2)cc1CN. The van der Waals surface area contributed by atoms with Crippen molar-refractivity contribution >= 4 is 10.0 Å². The minimum atomic E-state index is -3.48. The van der Waals surface area contributed by atoms with E-state index in [9.17, 15) is 8.42 Å². The van der Waals surface area contributed by atoms with Crippen molar-refractivity contribution in [1.82, 2.24) is 8.87 Å². The Bertz CT molecular complexity index is 562. The lowest BCUT2D eigenvalue weighted by Crippen LogP contribution is -2.33. The summed E-state index contributed by atoms with van der Waals surface area (Å²) < 4.78 is 34.1. The molecule has 0 saturated carbocycles. The molecule has 2 rings (SSSR count). The maximum absolute atomic E-state index is 12.6. The molecule has 0 spiro atoms. The van der Waals surface area contributed by atoms with Crippen LogP contribution in [0.4, 0.5) is 0 Å². The van der Waals surface area contributed by atoms with E-state index in [1.165, 1.54) is 4.31 Å². The van der Waals surface area contributed by atoms with Crippen molar-refractivity contribution in [2.75, 3.05) is 20.2 Å². The van der Waals surface area contributed by atoms with Gasteiger partial charge in [-0.2, -0.15) is 4.31 Å². The standard InChI is InChI=1S/C14H25N3O3S/c1-3-6-17-11-14(8-12(17)9-15)21(18,19)16(2)10-13-5-4-7-20-13/h8,11,13H,3-7,9-10,15H2,1-2H3. The Balaban J connectivity index is 2.17. The van der Waals surface area contributed by atoms with Crippen LogP contribution < -0.4 is 5.73 Å². The second-order valence-corrected chi connectivity index (χ2v) is 7.53. The zero-order valence-corrected chi connectivity index (χ0v) is 13.6. The topological polar surface area (TPSA) is 77.6 Å². The van der Waals surface area contributed by atoms with Crippen molar-refractivity contribution in [2.45, 2.75) is 50.3 Å². The van der Waals surface area contributed by atoms with Crippen molar-refractivity contribution in [3.05, 3.63) is 18.0 Å². The van der Waals surface area contributed by atoms with Gasteiger partial charge in [0.25, 0.3) is 0 Å². The molecule has 1 fully saturated rings. The zero-order valence-electron chi connectivity index (χ0n) is 12.8. The number of aromatic nitrogens is 1. The molecule has 0 radical (unpaired) electrons. The predicted molar refractivity (Wildman–Crippen MR) is 81.4 cm³/mol. The largest absolute Gasteiger partial charge is 0.377 e. The van der Waals surface area contributed by atoms with Crippen LogP contribution in [0.25, 0.3) is 0 Å². The highest BCUT2D eigenvalue weighted by atomic mass is 32.2. The highest BCUT2D eigenvalue weighted by Crippen LogP contribution is 2.21. The molecule has 0 aromatic carbocycles. The molecule has 120 valence electrons. The van der Waals surface area contributed by atoms with Gasteiger partial charge in [0.15, 0.2) is 0 Å². The lowest BCUT2D eigenvalue weighted by molar-refractivity contribution is 0.0979. The van der Waals surface area contributed by atoms with Gasteiger partial charge >= 0.3 is 0 Å². The van der Waals surface area contributed by atoms with Crippen molar-refractivity contribution in [3.63, 3.8) is 0 Å². The molecule has 6 nitrogen and oxygen atoms in total. The van der Waals surface area contributed by atoms with Crippen molar-refractivity contribution < 1.29 is 13.2 Å². The Hall–Kier alpha value is -0.890. The first kappa shape index (κ1) is 16.5. The second-order valence-electron chi connectivity index (χ2n) is 5.49. The van der Waals surface area contributed by atoms with Crippen molar-refractivity contribution in [1.29, 1.82) is 0 Å². The molecule has 7 heteroatoms. The zero-order chi connectivity index (χ0) is 15.5. The maximum Gasteiger partial charge on any atom is 0.244 e. The Morgan fingerprint density at radius 3 is 2.86 bits per heavy atom. The van der Waals surface area contributed by atoms with Gasteiger partial charge in [0.1, 0.15) is 4.90 Å². The van der Waals surface area contributed by atoms with Gasteiger partial charge in [0, 0.05) is 45.2 Å². The van der Waals surface area contributed by atoms with Crippen molar-refractivity contribution in [3.8, 4) is 0 Å². The van der Waals surface area contributed by atoms with E-state index in [-0.39, 0.29) is 6.10 Å². The summed E-state index contributed by atoms with van der Waals surface area (Å²) in [6.07, 6.45) is 4.56. The number of ether oxygens (including phenoxy) is 1. The molecule has 1 saturated heterocycles. The molecule has 1 aromatic rings. The van der Waals surface area contributed by atoms with E-state index in [0.717, 1.165) is 38.1 Å². The fourth-order valence-corrected chi connectivity index (χ4v) is 3.91. The molecule has 2 N–H and O–H groups in total. The van der Waals surface area contributed by atoms with Crippen molar-refractivity contribution in [2.24, 2.45) is 5.73 Å². The van der Waals surface area contributed by atoms with Gasteiger partial charge in [0.2, 0.25) is 10.0 Å². The number of hydrogen-bond acceptors (Lipinski definition) is 4. The van der Waals surface area contributed by atoms with Crippen LogP contribution in [0.3, 0.4) is 0 Å². The molecule has 0 bridgehead atoms. The Labute approximate surface area is 126 Å². The first-order valence-electron chi connectivity index (χ1n) is 7.46. The lowest BCUT2D eigenvalue weighted by Gasteiger charge is -2.19. The second kappa shape index (κ2) is 6.91. The molecule has 21 heavy (non-hydrogen) atoms. The number of hydrogen-bond donors (Lipinski definition) is 1. The van der Waals surface area contributed by atoms with Gasteiger partial charge in [0.05, 0.1) is 6.10 Å². The normalized spacial score (nSPS) is 19.5. The number of likely N-dealkylation sites (N-methyl/N-ethyl adjacent to an activating group) is 1.